The lowest BCUT2D eigenvalue weighted by molar-refractivity contribution is -0.123. The van der Waals surface area contributed by atoms with Crippen LogP contribution in [0.25, 0.3) is 10.9 Å². The Morgan fingerprint density at radius 2 is 1.92 bits per heavy atom. The average molecular weight is 359 g/mol. The van der Waals surface area contributed by atoms with Crippen molar-refractivity contribution in [1.29, 1.82) is 0 Å². The van der Waals surface area contributed by atoms with E-state index in [0.29, 0.717) is 5.75 Å². The summed E-state index contributed by atoms with van der Waals surface area (Å²) in [4.78, 5) is 24.1. The molecule has 1 aromatic carbocycles. The number of carbonyl (C=O) groups is 1. The Balaban J connectivity index is 1.83. The van der Waals surface area contributed by atoms with Gasteiger partial charge in [-0.2, -0.15) is 0 Å². The number of aromatic nitrogens is 2. The fourth-order valence-electron chi connectivity index (χ4n) is 2.58. The monoisotopic (exact) mass is 359 g/mol. The van der Waals surface area contributed by atoms with Gasteiger partial charge in [-0.1, -0.05) is 50.7 Å². The summed E-state index contributed by atoms with van der Waals surface area (Å²) in [5.41, 5.74) is 0.610. The minimum absolute atomic E-state index is 0.231. The maximum atomic E-state index is 12.3. The lowest BCUT2D eigenvalue weighted by Gasteiger charge is -2.26. The first-order valence-electron chi connectivity index (χ1n) is 8.65. The van der Waals surface area contributed by atoms with Crippen LogP contribution in [0.4, 0.5) is 0 Å². The molecular weight excluding hydrogens is 334 g/mol. The van der Waals surface area contributed by atoms with E-state index in [0.717, 1.165) is 54.6 Å². The van der Waals surface area contributed by atoms with Gasteiger partial charge in [0, 0.05) is 23.9 Å². The third-order valence-corrected chi connectivity index (χ3v) is 5.25. The number of fused-ring (bicyclic) bond motifs is 1. The van der Waals surface area contributed by atoms with Crippen molar-refractivity contribution in [2.24, 2.45) is 5.41 Å². The van der Waals surface area contributed by atoms with Crippen molar-refractivity contribution >= 4 is 28.4 Å². The lowest BCUT2D eigenvalue weighted by Crippen LogP contribution is -2.36. The van der Waals surface area contributed by atoms with Gasteiger partial charge in [0.15, 0.2) is 0 Å². The number of hydrogen-bond donors (Lipinski definition) is 0. The van der Waals surface area contributed by atoms with Crippen LogP contribution in [-0.2, 0) is 16.1 Å². The topological polar surface area (TPSA) is 55.3 Å². The number of morpholine rings is 1. The number of ketones is 1. The molecule has 25 heavy (non-hydrogen) atoms. The second-order valence-electron chi connectivity index (χ2n) is 7.31. The van der Waals surface area contributed by atoms with E-state index in [1.165, 1.54) is 11.8 Å². The molecule has 3 rings (SSSR count). The van der Waals surface area contributed by atoms with E-state index in [-0.39, 0.29) is 11.2 Å². The molecule has 1 fully saturated rings. The number of carbonyl (C=O) groups excluding carboxylic acids is 1. The number of para-hydroxylation sites is 1. The number of benzene rings is 1. The first kappa shape index (κ1) is 18.3. The second-order valence-corrected chi connectivity index (χ2v) is 8.28. The molecule has 0 radical (unpaired) electrons. The number of nitrogens with zero attached hydrogens (tertiary/aromatic N) is 3. The standard InChI is InChI=1S/C19H25N3O2S/c1-19(2,3)16(23)13-25-18-14-6-4-5-7-15(14)20-17(21-18)12-22-8-10-24-11-9-22/h4-7H,8-13H2,1-3H3. The molecule has 1 aromatic heterocycles. The molecule has 1 aliphatic rings. The highest BCUT2D eigenvalue weighted by molar-refractivity contribution is 8.00. The Hall–Kier alpha value is -1.50. The van der Waals surface area contributed by atoms with Gasteiger partial charge in [-0.05, 0) is 6.07 Å². The minimum Gasteiger partial charge on any atom is -0.379 e. The number of Topliss-reactive ketones (excluding diaryl/α,β-unsaturated/α-hetero) is 1. The predicted molar refractivity (Wildman–Crippen MR) is 101 cm³/mol. The largest absolute Gasteiger partial charge is 0.379 e. The SMILES string of the molecule is CC(C)(C)C(=O)CSc1nc(CN2CCOCC2)nc2ccccc12. The fraction of sp³-hybridized carbons (Fsp3) is 0.526. The third kappa shape index (κ3) is 4.77. The Kier molecular flexibility index (Phi) is 5.71. The van der Waals surface area contributed by atoms with E-state index in [9.17, 15) is 4.79 Å². The molecule has 1 saturated heterocycles. The molecule has 0 atom stereocenters. The van der Waals surface area contributed by atoms with Crippen LogP contribution in [0.2, 0.25) is 0 Å². The van der Waals surface area contributed by atoms with Crippen molar-refractivity contribution < 1.29 is 9.53 Å². The summed E-state index contributed by atoms with van der Waals surface area (Å²) >= 11 is 1.52. The summed E-state index contributed by atoms with van der Waals surface area (Å²) < 4.78 is 5.40. The molecule has 2 aromatic rings. The Morgan fingerprint density at radius 1 is 1.20 bits per heavy atom. The van der Waals surface area contributed by atoms with Crippen molar-refractivity contribution in [3.05, 3.63) is 30.1 Å². The summed E-state index contributed by atoms with van der Waals surface area (Å²) in [6, 6.07) is 8.01. The van der Waals surface area contributed by atoms with Crippen molar-refractivity contribution in [3.63, 3.8) is 0 Å². The Bertz CT molecular complexity index is 752. The molecule has 0 bridgehead atoms. The van der Waals surface area contributed by atoms with Gasteiger partial charge < -0.3 is 4.74 Å². The number of hydrogen-bond acceptors (Lipinski definition) is 6. The van der Waals surface area contributed by atoms with Gasteiger partial charge >= 0.3 is 0 Å². The highest BCUT2D eigenvalue weighted by atomic mass is 32.2. The van der Waals surface area contributed by atoms with Gasteiger partial charge in [0.25, 0.3) is 0 Å². The van der Waals surface area contributed by atoms with Crippen LogP contribution in [0.3, 0.4) is 0 Å². The smallest absolute Gasteiger partial charge is 0.148 e. The molecule has 2 heterocycles. The zero-order chi connectivity index (χ0) is 17.9. The molecule has 0 unspecified atom stereocenters. The molecule has 134 valence electrons. The quantitative estimate of drug-likeness (QED) is 0.604. The van der Waals surface area contributed by atoms with Crippen molar-refractivity contribution in [1.82, 2.24) is 14.9 Å². The molecular formula is C19H25N3O2S. The van der Waals surface area contributed by atoms with Gasteiger partial charge in [-0.15, -0.1) is 0 Å². The lowest BCUT2D eigenvalue weighted by atomic mass is 9.92. The molecule has 0 N–H and O–H groups in total. The van der Waals surface area contributed by atoms with Gasteiger partial charge in [-0.3, -0.25) is 9.69 Å². The fourth-order valence-corrected chi connectivity index (χ4v) is 3.78. The molecule has 0 aliphatic carbocycles. The maximum absolute atomic E-state index is 12.3. The van der Waals surface area contributed by atoms with Gasteiger partial charge in [0.1, 0.15) is 16.6 Å². The number of thioether (sulfide) groups is 1. The first-order valence-corrected chi connectivity index (χ1v) is 9.64. The Labute approximate surface area is 153 Å². The zero-order valence-corrected chi connectivity index (χ0v) is 15.9. The highest BCUT2D eigenvalue weighted by Crippen LogP contribution is 2.28. The predicted octanol–water partition coefficient (Wildman–Crippen LogP) is 3.17. The van der Waals surface area contributed by atoms with Crippen LogP contribution in [0.15, 0.2) is 29.3 Å². The summed E-state index contributed by atoms with van der Waals surface area (Å²) in [6.45, 7) is 9.91. The van der Waals surface area contributed by atoms with Crippen LogP contribution in [0, 0.1) is 5.41 Å². The molecule has 6 heteroatoms. The van der Waals surface area contributed by atoms with Gasteiger partial charge in [-0.25, -0.2) is 9.97 Å². The van der Waals surface area contributed by atoms with Crippen molar-refractivity contribution in [3.8, 4) is 0 Å². The molecule has 0 spiro atoms. The van der Waals surface area contributed by atoms with E-state index < -0.39 is 0 Å². The van der Waals surface area contributed by atoms with E-state index in [1.807, 2.05) is 45.0 Å². The molecule has 5 nitrogen and oxygen atoms in total. The van der Waals surface area contributed by atoms with E-state index in [2.05, 4.69) is 4.90 Å². The average Bonchev–Trinajstić information content (AvgIpc) is 2.59. The number of rotatable bonds is 5. The molecule has 1 aliphatic heterocycles. The molecule has 0 amide bonds. The normalized spacial score (nSPS) is 16.3. The number of ether oxygens (including phenoxy) is 1. The molecule has 0 saturated carbocycles. The third-order valence-electron chi connectivity index (χ3n) is 4.26. The van der Waals surface area contributed by atoms with Crippen molar-refractivity contribution in [2.45, 2.75) is 32.3 Å². The summed E-state index contributed by atoms with van der Waals surface area (Å²) in [7, 11) is 0. The highest BCUT2D eigenvalue weighted by Gasteiger charge is 2.22. The van der Waals surface area contributed by atoms with Crippen LogP contribution in [0.1, 0.15) is 26.6 Å². The van der Waals surface area contributed by atoms with Gasteiger partial charge in [0.05, 0.1) is 31.0 Å². The van der Waals surface area contributed by atoms with Crippen molar-refractivity contribution in [2.75, 3.05) is 32.1 Å². The van der Waals surface area contributed by atoms with E-state index in [4.69, 9.17) is 14.7 Å². The van der Waals surface area contributed by atoms with Crippen LogP contribution < -0.4 is 0 Å². The zero-order valence-electron chi connectivity index (χ0n) is 15.1. The van der Waals surface area contributed by atoms with Crippen LogP contribution in [-0.4, -0.2) is 52.7 Å². The van der Waals surface area contributed by atoms with E-state index in [1.54, 1.807) is 0 Å². The van der Waals surface area contributed by atoms with Crippen LogP contribution in [0.5, 0.6) is 0 Å². The van der Waals surface area contributed by atoms with Crippen LogP contribution >= 0.6 is 11.8 Å². The van der Waals surface area contributed by atoms with E-state index >= 15 is 0 Å². The second kappa shape index (κ2) is 7.81. The summed E-state index contributed by atoms with van der Waals surface area (Å²) in [5, 5.41) is 1.91. The Morgan fingerprint density at radius 3 is 2.64 bits per heavy atom. The maximum Gasteiger partial charge on any atom is 0.148 e. The minimum atomic E-state index is -0.327. The first-order chi connectivity index (χ1) is 11.9. The van der Waals surface area contributed by atoms with Gasteiger partial charge in [0.2, 0.25) is 0 Å². The summed E-state index contributed by atoms with van der Waals surface area (Å²) in [6.07, 6.45) is 0. The summed E-state index contributed by atoms with van der Waals surface area (Å²) in [5.74, 6) is 1.47.